The molecule has 1 rings (SSSR count). The zero-order valence-corrected chi connectivity index (χ0v) is 21.9. The van der Waals surface area contributed by atoms with Crippen molar-refractivity contribution in [2.24, 2.45) is 0 Å². The van der Waals surface area contributed by atoms with E-state index >= 15 is 0 Å². The Bertz CT molecular complexity index is 746. The van der Waals surface area contributed by atoms with Crippen LogP contribution in [-0.2, 0) is 6.42 Å². The molecule has 0 bridgehead atoms. The first-order chi connectivity index (χ1) is 14.9. The minimum atomic E-state index is 1.17. The number of aryl methyl sites for hydroxylation is 1. The Hall–Kier alpha value is -1.60. The molecule has 0 spiro atoms. The summed E-state index contributed by atoms with van der Waals surface area (Å²) in [7, 11) is 0. The van der Waals surface area contributed by atoms with Gasteiger partial charge in [0.05, 0.1) is 0 Å². The molecule has 0 saturated heterocycles. The van der Waals surface area contributed by atoms with Gasteiger partial charge < -0.3 is 0 Å². The third kappa shape index (κ3) is 15.8. The van der Waals surface area contributed by atoms with E-state index in [1.54, 1.807) is 11.3 Å². The summed E-state index contributed by atoms with van der Waals surface area (Å²) in [5.74, 6) is 0. The Morgan fingerprint density at radius 1 is 0.613 bits per heavy atom. The monoisotopic (exact) mass is 438 g/mol. The van der Waals surface area contributed by atoms with E-state index in [0.717, 1.165) is 0 Å². The Kier molecular flexibility index (Phi) is 15.1. The lowest BCUT2D eigenvalue weighted by Gasteiger charge is -2.03. The molecule has 0 N–H and O–H groups in total. The number of hydrogen-bond donors (Lipinski definition) is 0. The Morgan fingerprint density at radius 3 is 1.42 bits per heavy atom. The lowest BCUT2D eigenvalue weighted by atomic mass is 10.0. The first-order valence-electron chi connectivity index (χ1n) is 12.1. The summed E-state index contributed by atoms with van der Waals surface area (Å²) in [5.41, 5.74) is 9.01. The van der Waals surface area contributed by atoms with Crippen molar-refractivity contribution in [3.05, 3.63) is 80.6 Å². The van der Waals surface area contributed by atoms with Crippen molar-refractivity contribution >= 4 is 11.3 Å². The zero-order chi connectivity index (χ0) is 22.9. The van der Waals surface area contributed by atoms with Crippen LogP contribution in [0.25, 0.3) is 0 Å². The zero-order valence-electron chi connectivity index (χ0n) is 21.1. The molecule has 0 saturated carbocycles. The van der Waals surface area contributed by atoms with Gasteiger partial charge in [0, 0.05) is 0 Å². The molecular weight excluding hydrogens is 392 g/mol. The van der Waals surface area contributed by atoms with Gasteiger partial charge in [0.25, 0.3) is 0 Å². The quantitative estimate of drug-likeness (QED) is 0.239. The standard InChI is InChI=1S/C30H46S/c1-25(2)12-7-13-26(3)14-8-15-27(4)16-9-17-28(5)18-10-19-29(6)20-11-21-30-22-23-31-24-30/h12,14,16,18,20,22-24H,7-11,13,15,17,19,21H2,1-6H3. The fourth-order valence-electron chi connectivity index (χ4n) is 3.56. The van der Waals surface area contributed by atoms with Crippen LogP contribution in [0.2, 0.25) is 0 Å². The van der Waals surface area contributed by atoms with Crippen LogP contribution in [0.3, 0.4) is 0 Å². The molecule has 0 amide bonds. The Labute approximate surface area is 197 Å². The van der Waals surface area contributed by atoms with Gasteiger partial charge in [-0.3, -0.25) is 0 Å². The minimum Gasteiger partial charge on any atom is -0.152 e. The summed E-state index contributed by atoms with van der Waals surface area (Å²) in [6.07, 6.45) is 23.9. The van der Waals surface area contributed by atoms with Crippen molar-refractivity contribution in [2.75, 3.05) is 0 Å². The van der Waals surface area contributed by atoms with E-state index in [1.807, 2.05) is 0 Å². The third-order valence-corrected chi connectivity index (χ3v) is 6.42. The number of thiophene rings is 1. The van der Waals surface area contributed by atoms with Crippen LogP contribution in [0.15, 0.2) is 75.1 Å². The van der Waals surface area contributed by atoms with E-state index in [9.17, 15) is 0 Å². The summed E-state index contributed by atoms with van der Waals surface area (Å²) >= 11 is 1.79. The molecule has 1 heteroatoms. The normalized spacial score (nSPS) is 13.6. The third-order valence-electron chi connectivity index (χ3n) is 5.69. The van der Waals surface area contributed by atoms with Crippen molar-refractivity contribution in [2.45, 2.75) is 106 Å². The highest BCUT2D eigenvalue weighted by molar-refractivity contribution is 7.07. The second-order valence-corrected chi connectivity index (χ2v) is 10.1. The summed E-state index contributed by atoms with van der Waals surface area (Å²) in [6, 6.07) is 2.24. The van der Waals surface area contributed by atoms with E-state index in [4.69, 9.17) is 0 Å². The van der Waals surface area contributed by atoms with Gasteiger partial charge in [-0.15, -0.1) is 0 Å². The summed E-state index contributed by atoms with van der Waals surface area (Å²) in [4.78, 5) is 0. The first-order valence-corrected chi connectivity index (χ1v) is 13.1. The van der Waals surface area contributed by atoms with Crippen LogP contribution in [0, 0.1) is 0 Å². The molecule has 0 unspecified atom stereocenters. The smallest absolute Gasteiger partial charge is 0.00611 e. The Balaban J connectivity index is 2.19. The summed E-state index contributed by atoms with van der Waals surface area (Å²) in [5, 5.41) is 4.43. The van der Waals surface area contributed by atoms with Gasteiger partial charge in [-0.2, -0.15) is 11.3 Å². The highest BCUT2D eigenvalue weighted by atomic mass is 32.1. The van der Waals surface area contributed by atoms with Crippen molar-refractivity contribution < 1.29 is 0 Å². The highest BCUT2D eigenvalue weighted by Gasteiger charge is 1.95. The maximum absolute atomic E-state index is 2.44. The molecule has 0 fully saturated rings. The van der Waals surface area contributed by atoms with Gasteiger partial charge in [-0.25, -0.2) is 0 Å². The van der Waals surface area contributed by atoms with Crippen LogP contribution in [0.1, 0.15) is 105 Å². The van der Waals surface area contributed by atoms with Gasteiger partial charge in [0.1, 0.15) is 0 Å². The number of hydrogen-bond acceptors (Lipinski definition) is 1. The molecule has 0 aliphatic heterocycles. The molecule has 1 aromatic heterocycles. The van der Waals surface area contributed by atoms with Crippen LogP contribution < -0.4 is 0 Å². The van der Waals surface area contributed by atoms with Gasteiger partial charge in [-0.1, -0.05) is 58.2 Å². The van der Waals surface area contributed by atoms with Crippen LogP contribution in [0.4, 0.5) is 0 Å². The highest BCUT2D eigenvalue weighted by Crippen LogP contribution is 2.15. The summed E-state index contributed by atoms with van der Waals surface area (Å²) < 4.78 is 0. The van der Waals surface area contributed by atoms with Gasteiger partial charge in [0.2, 0.25) is 0 Å². The average Bonchev–Trinajstić information content (AvgIpc) is 3.21. The van der Waals surface area contributed by atoms with Crippen molar-refractivity contribution in [1.82, 2.24) is 0 Å². The Morgan fingerprint density at radius 2 is 1.03 bits per heavy atom. The van der Waals surface area contributed by atoms with E-state index < -0.39 is 0 Å². The summed E-state index contributed by atoms with van der Waals surface area (Å²) in [6.45, 7) is 13.5. The van der Waals surface area contributed by atoms with E-state index in [2.05, 4.69) is 88.7 Å². The van der Waals surface area contributed by atoms with E-state index in [-0.39, 0.29) is 0 Å². The molecule has 1 aromatic rings. The second-order valence-electron chi connectivity index (χ2n) is 9.31. The maximum atomic E-state index is 2.44. The molecule has 0 nitrogen and oxygen atoms in total. The fraction of sp³-hybridized carbons (Fsp3) is 0.533. The molecule has 0 aliphatic carbocycles. The van der Waals surface area contributed by atoms with Crippen molar-refractivity contribution in [3.63, 3.8) is 0 Å². The number of allylic oxidation sites excluding steroid dienone is 10. The van der Waals surface area contributed by atoms with Crippen molar-refractivity contribution in [3.8, 4) is 0 Å². The van der Waals surface area contributed by atoms with E-state index in [1.165, 1.54) is 97.6 Å². The maximum Gasteiger partial charge on any atom is -0.00611 e. The van der Waals surface area contributed by atoms with Crippen LogP contribution in [0.5, 0.6) is 0 Å². The molecule has 0 aliphatic rings. The van der Waals surface area contributed by atoms with Gasteiger partial charge in [0.15, 0.2) is 0 Å². The molecule has 0 aromatic carbocycles. The lowest BCUT2D eigenvalue weighted by molar-refractivity contribution is 0.888. The fourth-order valence-corrected chi connectivity index (χ4v) is 4.26. The average molecular weight is 439 g/mol. The second kappa shape index (κ2) is 17.0. The SMILES string of the molecule is CC(C)=CCCC(C)=CCCC(C)=CCCC(C)=CCCC(C)=CCCc1ccsc1. The van der Waals surface area contributed by atoms with Gasteiger partial charge in [-0.05, 0) is 128 Å². The lowest BCUT2D eigenvalue weighted by Crippen LogP contribution is -1.84. The molecule has 0 atom stereocenters. The molecule has 172 valence electrons. The predicted molar refractivity (Wildman–Crippen MR) is 144 cm³/mol. The molecule has 0 radical (unpaired) electrons. The number of rotatable bonds is 15. The topological polar surface area (TPSA) is 0 Å². The molecule has 1 heterocycles. The molecule has 31 heavy (non-hydrogen) atoms. The van der Waals surface area contributed by atoms with Crippen LogP contribution in [-0.4, -0.2) is 0 Å². The van der Waals surface area contributed by atoms with Gasteiger partial charge >= 0.3 is 0 Å². The van der Waals surface area contributed by atoms with E-state index in [0.29, 0.717) is 0 Å². The van der Waals surface area contributed by atoms with Crippen LogP contribution >= 0.6 is 11.3 Å². The largest absolute Gasteiger partial charge is 0.152 e. The predicted octanol–water partition coefficient (Wildman–Crippen LogP) is 10.6. The van der Waals surface area contributed by atoms with Crippen molar-refractivity contribution in [1.29, 1.82) is 0 Å². The minimum absolute atomic E-state index is 1.17. The first kappa shape index (κ1) is 27.4. The molecular formula is C30H46S.